The summed E-state index contributed by atoms with van der Waals surface area (Å²) in [5.74, 6) is -0.473. The average molecular weight is 388 g/mol. The molecule has 9 nitrogen and oxygen atoms in total. The summed E-state index contributed by atoms with van der Waals surface area (Å²) in [4.78, 5) is 25.3. The number of nitrogens with zero attached hydrogens (tertiary/aromatic N) is 4. The van der Waals surface area contributed by atoms with E-state index in [1.165, 1.54) is 0 Å². The van der Waals surface area contributed by atoms with Gasteiger partial charge in [0.05, 0.1) is 36.6 Å². The van der Waals surface area contributed by atoms with Crippen LogP contribution in [0.3, 0.4) is 0 Å². The van der Waals surface area contributed by atoms with Crippen molar-refractivity contribution >= 4 is 11.9 Å². The van der Waals surface area contributed by atoms with Gasteiger partial charge in [-0.25, -0.2) is 4.68 Å². The van der Waals surface area contributed by atoms with Crippen molar-refractivity contribution in [1.82, 2.24) is 19.9 Å². The van der Waals surface area contributed by atoms with Gasteiger partial charge in [0.2, 0.25) is 0 Å². The molecule has 0 radical (unpaired) electrons. The molecule has 2 aromatic rings. The van der Waals surface area contributed by atoms with E-state index in [4.69, 9.17) is 14.6 Å². The Morgan fingerprint density at radius 3 is 2.68 bits per heavy atom. The molecule has 1 amide bonds. The van der Waals surface area contributed by atoms with Gasteiger partial charge in [-0.15, -0.1) is 5.10 Å². The van der Waals surface area contributed by atoms with E-state index in [1.807, 2.05) is 38.1 Å². The van der Waals surface area contributed by atoms with Crippen molar-refractivity contribution in [2.75, 3.05) is 19.7 Å². The molecule has 150 valence electrons. The first-order valence-electron chi connectivity index (χ1n) is 9.17. The zero-order valence-electron chi connectivity index (χ0n) is 16.2. The maximum atomic E-state index is 12.9. The van der Waals surface area contributed by atoms with Crippen molar-refractivity contribution in [3.8, 4) is 11.4 Å². The predicted octanol–water partition coefficient (Wildman–Crippen LogP) is 1.68. The Bertz CT molecular complexity index is 847. The highest BCUT2D eigenvalue weighted by molar-refractivity contribution is 5.93. The fourth-order valence-corrected chi connectivity index (χ4v) is 3.08. The Balaban J connectivity index is 1.75. The third-order valence-corrected chi connectivity index (χ3v) is 4.38. The number of hydrogen-bond donors (Lipinski definition) is 1. The molecule has 0 bridgehead atoms. The lowest BCUT2D eigenvalue weighted by molar-refractivity contribution is -0.141. The van der Waals surface area contributed by atoms with Gasteiger partial charge in [0.15, 0.2) is 5.69 Å². The molecule has 1 aliphatic heterocycles. The van der Waals surface area contributed by atoms with E-state index in [0.717, 1.165) is 11.4 Å². The Hall–Kier alpha value is -2.94. The molecule has 0 unspecified atom stereocenters. The number of carbonyl (C=O) groups is 2. The summed E-state index contributed by atoms with van der Waals surface area (Å²) >= 11 is 0. The highest BCUT2D eigenvalue weighted by atomic mass is 16.5. The number of carboxylic acid groups (broad SMARTS) is 1. The van der Waals surface area contributed by atoms with E-state index in [0.29, 0.717) is 18.8 Å². The molecule has 1 fully saturated rings. The topological polar surface area (TPSA) is 107 Å². The maximum absolute atomic E-state index is 12.9. The van der Waals surface area contributed by atoms with Crippen LogP contribution in [0, 0.1) is 6.92 Å². The standard InChI is InChI=1S/C19H24N4O5/c1-12(2)28-15-6-4-14(5-7-15)23-13(3)18(20-21-23)19(26)22-8-9-27-16(11-22)10-17(24)25/h4-7,12,16H,8-11H2,1-3H3,(H,24,25)/t16-/m0/s1. The minimum atomic E-state index is -0.952. The molecule has 3 rings (SSSR count). The SMILES string of the molecule is Cc1c(C(=O)N2CCO[C@@H](CC(=O)O)C2)nnn1-c1ccc(OC(C)C)cc1. The Morgan fingerprint density at radius 1 is 1.32 bits per heavy atom. The van der Waals surface area contributed by atoms with Gasteiger partial charge in [0.25, 0.3) is 5.91 Å². The largest absolute Gasteiger partial charge is 0.491 e. The average Bonchev–Trinajstić information content (AvgIpc) is 3.02. The van der Waals surface area contributed by atoms with Crippen LogP contribution >= 0.6 is 0 Å². The van der Waals surface area contributed by atoms with Crippen LogP contribution in [-0.2, 0) is 9.53 Å². The first kappa shape index (κ1) is 19.8. The fraction of sp³-hybridized carbons (Fsp3) is 0.474. The molecular weight excluding hydrogens is 364 g/mol. The summed E-state index contributed by atoms with van der Waals surface area (Å²) in [5.41, 5.74) is 1.63. The zero-order chi connectivity index (χ0) is 20.3. The first-order valence-corrected chi connectivity index (χ1v) is 9.17. The Kier molecular flexibility index (Phi) is 5.93. The highest BCUT2D eigenvalue weighted by Gasteiger charge is 2.29. The van der Waals surface area contributed by atoms with E-state index in [2.05, 4.69) is 10.3 Å². The number of ether oxygens (including phenoxy) is 2. The fourth-order valence-electron chi connectivity index (χ4n) is 3.08. The van der Waals surface area contributed by atoms with Crippen molar-refractivity contribution in [3.05, 3.63) is 35.7 Å². The smallest absolute Gasteiger partial charge is 0.306 e. The molecule has 1 saturated heterocycles. The van der Waals surface area contributed by atoms with Gasteiger partial charge in [-0.1, -0.05) is 5.21 Å². The van der Waals surface area contributed by atoms with Crippen molar-refractivity contribution < 1.29 is 24.2 Å². The number of morpholine rings is 1. The van der Waals surface area contributed by atoms with Crippen molar-refractivity contribution in [1.29, 1.82) is 0 Å². The number of aliphatic carboxylic acids is 1. The van der Waals surface area contributed by atoms with Crippen LogP contribution in [0.15, 0.2) is 24.3 Å². The molecule has 0 aliphatic carbocycles. The molecular formula is C19H24N4O5. The molecule has 2 heterocycles. The minimum Gasteiger partial charge on any atom is -0.491 e. The van der Waals surface area contributed by atoms with Crippen molar-refractivity contribution in [2.24, 2.45) is 0 Å². The summed E-state index contributed by atoms with van der Waals surface area (Å²) in [6.07, 6.45) is -0.569. The molecule has 1 aromatic heterocycles. The lowest BCUT2D eigenvalue weighted by Crippen LogP contribution is -2.46. The van der Waals surface area contributed by atoms with E-state index in [1.54, 1.807) is 16.5 Å². The number of rotatable bonds is 6. The number of carbonyl (C=O) groups excluding carboxylic acids is 1. The second-order valence-corrected chi connectivity index (χ2v) is 6.94. The Labute approximate surface area is 162 Å². The zero-order valence-corrected chi connectivity index (χ0v) is 16.2. The molecule has 9 heteroatoms. The lowest BCUT2D eigenvalue weighted by atomic mass is 10.2. The van der Waals surface area contributed by atoms with Crippen LogP contribution in [-0.4, -0.2) is 68.8 Å². The number of benzene rings is 1. The summed E-state index contributed by atoms with van der Waals surface area (Å²) < 4.78 is 12.7. The monoisotopic (exact) mass is 388 g/mol. The third kappa shape index (κ3) is 4.48. The van der Waals surface area contributed by atoms with E-state index >= 15 is 0 Å². The highest BCUT2D eigenvalue weighted by Crippen LogP contribution is 2.19. The number of carboxylic acids is 1. The molecule has 1 aliphatic rings. The second kappa shape index (κ2) is 8.39. The molecule has 1 aromatic carbocycles. The maximum Gasteiger partial charge on any atom is 0.306 e. The summed E-state index contributed by atoms with van der Waals surface area (Å²) in [5, 5.41) is 17.1. The molecule has 0 spiro atoms. The van der Waals surface area contributed by atoms with E-state index in [-0.39, 0.29) is 30.7 Å². The molecule has 1 N–H and O–H groups in total. The molecule has 0 saturated carbocycles. The summed E-state index contributed by atoms with van der Waals surface area (Å²) in [7, 11) is 0. The first-order chi connectivity index (χ1) is 13.3. The third-order valence-electron chi connectivity index (χ3n) is 4.38. The van der Waals surface area contributed by atoms with Crippen molar-refractivity contribution in [3.63, 3.8) is 0 Å². The van der Waals surface area contributed by atoms with E-state index in [9.17, 15) is 9.59 Å². The van der Waals surface area contributed by atoms with Gasteiger partial charge in [-0.3, -0.25) is 9.59 Å². The molecule has 1 atom stereocenters. The van der Waals surface area contributed by atoms with Crippen LogP contribution in [0.25, 0.3) is 5.69 Å². The van der Waals surface area contributed by atoms with Crippen LogP contribution in [0.2, 0.25) is 0 Å². The van der Waals surface area contributed by atoms with Crippen LogP contribution in [0.4, 0.5) is 0 Å². The predicted molar refractivity (Wildman–Crippen MR) is 99.8 cm³/mol. The van der Waals surface area contributed by atoms with Gasteiger partial charge in [-0.05, 0) is 45.0 Å². The number of aromatic nitrogens is 3. The number of hydrogen-bond acceptors (Lipinski definition) is 6. The van der Waals surface area contributed by atoms with Gasteiger partial charge in [0.1, 0.15) is 5.75 Å². The Morgan fingerprint density at radius 2 is 2.04 bits per heavy atom. The minimum absolute atomic E-state index is 0.0849. The van der Waals surface area contributed by atoms with Gasteiger partial charge in [0, 0.05) is 13.1 Å². The van der Waals surface area contributed by atoms with Crippen LogP contribution in [0.5, 0.6) is 5.75 Å². The molecule has 28 heavy (non-hydrogen) atoms. The van der Waals surface area contributed by atoms with Crippen LogP contribution < -0.4 is 4.74 Å². The van der Waals surface area contributed by atoms with Gasteiger partial charge < -0.3 is 19.5 Å². The number of amides is 1. The van der Waals surface area contributed by atoms with Crippen LogP contribution in [0.1, 0.15) is 36.5 Å². The lowest BCUT2D eigenvalue weighted by Gasteiger charge is -2.31. The van der Waals surface area contributed by atoms with Gasteiger partial charge >= 0.3 is 5.97 Å². The second-order valence-electron chi connectivity index (χ2n) is 6.94. The van der Waals surface area contributed by atoms with E-state index < -0.39 is 12.1 Å². The quantitative estimate of drug-likeness (QED) is 0.802. The normalized spacial score (nSPS) is 17.0. The van der Waals surface area contributed by atoms with Gasteiger partial charge in [-0.2, -0.15) is 0 Å². The summed E-state index contributed by atoms with van der Waals surface area (Å²) in [6, 6.07) is 7.39. The van der Waals surface area contributed by atoms with Crippen molar-refractivity contribution in [2.45, 2.75) is 39.4 Å². The summed E-state index contributed by atoms with van der Waals surface area (Å²) in [6.45, 7) is 6.61.